The van der Waals surface area contributed by atoms with Crippen LogP contribution in [0, 0.1) is 12.8 Å². The lowest BCUT2D eigenvalue weighted by Gasteiger charge is -2.15. The molecule has 0 aliphatic carbocycles. The summed E-state index contributed by atoms with van der Waals surface area (Å²) in [7, 11) is 1.66. The number of carbonyl (C=O) groups excluding carboxylic acids is 1. The fourth-order valence-electron chi connectivity index (χ4n) is 2.94. The molecule has 5 nitrogen and oxygen atoms in total. The van der Waals surface area contributed by atoms with Crippen LogP contribution in [-0.4, -0.2) is 31.1 Å². The molecule has 1 fully saturated rings. The van der Waals surface area contributed by atoms with E-state index in [-0.39, 0.29) is 17.9 Å². The van der Waals surface area contributed by atoms with Gasteiger partial charge in [-0.2, -0.15) is 0 Å². The summed E-state index contributed by atoms with van der Waals surface area (Å²) in [4.78, 5) is 18.1. The van der Waals surface area contributed by atoms with Crippen molar-refractivity contribution in [2.24, 2.45) is 5.92 Å². The smallest absolute Gasteiger partial charge is 0.224 e. The summed E-state index contributed by atoms with van der Waals surface area (Å²) in [5.41, 5.74) is 2.04. The van der Waals surface area contributed by atoms with Gasteiger partial charge in [-0.15, -0.1) is 11.3 Å². The van der Waals surface area contributed by atoms with E-state index >= 15 is 0 Å². The average molecular weight is 345 g/mol. The fourth-order valence-corrected chi connectivity index (χ4v) is 4.02. The molecule has 2 atom stereocenters. The molecule has 2 heterocycles. The van der Waals surface area contributed by atoms with Gasteiger partial charge in [0.15, 0.2) is 0 Å². The van der Waals surface area contributed by atoms with Gasteiger partial charge in [-0.1, -0.05) is 0 Å². The highest BCUT2D eigenvalue weighted by atomic mass is 32.1. The Morgan fingerprint density at radius 3 is 2.79 bits per heavy atom. The summed E-state index contributed by atoms with van der Waals surface area (Å²) >= 11 is 1.64. The largest absolute Gasteiger partial charge is 0.497 e. The number of amides is 1. The van der Waals surface area contributed by atoms with E-state index in [9.17, 15) is 4.79 Å². The van der Waals surface area contributed by atoms with Gasteiger partial charge in [0.1, 0.15) is 10.8 Å². The fraction of sp³-hybridized carbons (Fsp3) is 0.444. The second kappa shape index (κ2) is 7.32. The van der Waals surface area contributed by atoms with Crippen molar-refractivity contribution in [3.63, 3.8) is 0 Å². The predicted octanol–water partition coefficient (Wildman–Crippen LogP) is 2.91. The molecule has 1 amide bonds. The van der Waals surface area contributed by atoms with Crippen LogP contribution in [0.15, 0.2) is 24.3 Å². The van der Waals surface area contributed by atoms with Gasteiger partial charge in [-0.05, 0) is 51.1 Å². The van der Waals surface area contributed by atoms with Crippen molar-refractivity contribution < 1.29 is 9.53 Å². The van der Waals surface area contributed by atoms with Crippen LogP contribution in [0.1, 0.15) is 30.0 Å². The Morgan fingerprint density at radius 2 is 2.17 bits per heavy atom. The highest BCUT2D eigenvalue weighted by Crippen LogP contribution is 2.32. The third-order valence-electron chi connectivity index (χ3n) is 4.35. The van der Waals surface area contributed by atoms with Crippen LogP contribution in [0.3, 0.4) is 0 Å². The van der Waals surface area contributed by atoms with E-state index in [4.69, 9.17) is 4.74 Å². The van der Waals surface area contributed by atoms with Crippen LogP contribution in [0.25, 0.3) is 10.6 Å². The van der Waals surface area contributed by atoms with E-state index in [0.717, 1.165) is 46.4 Å². The maximum absolute atomic E-state index is 12.3. The van der Waals surface area contributed by atoms with Crippen molar-refractivity contribution in [3.8, 4) is 16.3 Å². The number of nitrogens with one attached hydrogen (secondary N) is 2. The first kappa shape index (κ1) is 16.9. The topological polar surface area (TPSA) is 63.2 Å². The van der Waals surface area contributed by atoms with E-state index in [2.05, 4.69) is 15.6 Å². The standard InChI is InChI=1S/C18H23N3O2S/c1-11(20-17(22)14-8-9-19-10-14)16-12(2)21-18(24-16)13-4-6-15(23-3)7-5-13/h4-7,11,14,19H,8-10H2,1-3H3,(H,20,22). The number of nitrogens with zero attached hydrogens (tertiary/aromatic N) is 1. The molecule has 24 heavy (non-hydrogen) atoms. The molecule has 0 saturated carbocycles. The number of methoxy groups -OCH3 is 1. The minimum absolute atomic E-state index is 0.0254. The molecule has 3 rings (SSSR count). The summed E-state index contributed by atoms with van der Waals surface area (Å²) in [6.07, 6.45) is 0.914. The minimum Gasteiger partial charge on any atom is -0.497 e. The number of hydrogen-bond acceptors (Lipinski definition) is 5. The first-order valence-corrected chi connectivity index (χ1v) is 9.03. The lowest BCUT2D eigenvalue weighted by atomic mass is 10.1. The molecule has 2 N–H and O–H groups in total. The zero-order valence-electron chi connectivity index (χ0n) is 14.3. The third-order valence-corrected chi connectivity index (χ3v) is 5.74. The van der Waals surface area contributed by atoms with Crippen molar-refractivity contribution in [2.75, 3.05) is 20.2 Å². The van der Waals surface area contributed by atoms with Crippen molar-refractivity contribution >= 4 is 17.2 Å². The minimum atomic E-state index is -0.0254. The van der Waals surface area contributed by atoms with Gasteiger partial charge in [0.05, 0.1) is 29.6 Å². The van der Waals surface area contributed by atoms with Gasteiger partial charge in [-0.25, -0.2) is 4.98 Å². The number of carbonyl (C=O) groups is 1. The average Bonchev–Trinajstić information content (AvgIpc) is 3.24. The Bertz CT molecular complexity index is 706. The molecule has 2 unspecified atom stereocenters. The maximum atomic E-state index is 12.3. The third kappa shape index (κ3) is 3.60. The number of benzene rings is 1. The maximum Gasteiger partial charge on any atom is 0.224 e. The van der Waals surface area contributed by atoms with E-state index in [1.165, 1.54) is 0 Å². The number of hydrogen-bond donors (Lipinski definition) is 2. The van der Waals surface area contributed by atoms with Crippen molar-refractivity contribution in [2.45, 2.75) is 26.3 Å². The number of rotatable bonds is 5. The Labute approximate surface area is 146 Å². The van der Waals surface area contributed by atoms with Crippen LogP contribution in [-0.2, 0) is 4.79 Å². The van der Waals surface area contributed by atoms with Gasteiger partial charge in [0, 0.05) is 12.1 Å². The van der Waals surface area contributed by atoms with Crippen LogP contribution in [0.2, 0.25) is 0 Å². The van der Waals surface area contributed by atoms with Gasteiger partial charge >= 0.3 is 0 Å². The first-order chi connectivity index (χ1) is 11.6. The SMILES string of the molecule is COc1ccc(-c2nc(C)c(C(C)NC(=O)C3CCNC3)s2)cc1. The van der Waals surface area contributed by atoms with E-state index in [1.807, 2.05) is 38.1 Å². The molecule has 1 saturated heterocycles. The Balaban J connectivity index is 1.73. The molecular weight excluding hydrogens is 322 g/mol. The molecule has 1 aliphatic heterocycles. The quantitative estimate of drug-likeness (QED) is 0.875. The molecule has 128 valence electrons. The number of aryl methyl sites for hydroxylation is 1. The molecule has 6 heteroatoms. The Kier molecular flexibility index (Phi) is 5.16. The van der Waals surface area contributed by atoms with Crippen molar-refractivity contribution in [1.29, 1.82) is 0 Å². The van der Waals surface area contributed by atoms with Crippen molar-refractivity contribution in [3.05, 3.63) is 34.8 Å². The van der Waals surface area contributed by atoms with E-state index in [1.54, 1.807) is 18.4 Å². The van der Waals surface area contributed by atoms with Gasteiger partial charge in [0.25, 0.3) is 0 Å². The Hall–Kier alpha value is -1.92. The number of aromatic nitrogens is 1. The van der Waals surface area contributed by atoms with Crippen molar-refractivity contribution in [1.82, 2.24) is 15.6 Å². The highest BCUT2D eigenvalue weighted by Gasteiger charge is 2.25. The highest BCUT2D eigenvalue weighted by molar-refractivity contribution is 7.15. The monoisotopic (exact) mass is 345 g/mol. The van der Waals surface area contributed by atoms with Crippen LogP contribution >= 0.6 is 11.3 Å². The zero-order valence-corrected chi connectivity index (χ0v) is 15.1. The van der Waals surface area contributed by atoms with E-state index < -0.39 is 0 Å². The molecule has 1 aromatic heterocycles. The van der Waals surface area contributed by atoms with Gasteiger partial charge in [0.2, 0.25) is 5.91 Å². The summed E-state index contributed by atoms with van der Waals surface area (Å²) in [5.74, 6) is 1.05. The van der Waals surface area contributed by atoms with Gasteiger partial charge < -0.3 is 15.4 Å². The number of ether oxygens (including phenoxy) is 1. The lowest BCUT2D eigenvalue weighted by Crippen LogP contribution is -2.33. The molecule has 2 aromatic rings. The zero-order chi connectivity index (χ0) is 17.1. The summed E-state index contributed by atoms with van der Waals surface area (Å²) in [6, 6.07) is 7.86. The summed E-state index contributed by atoms with van der Waals surface area (Å²) < 4.78 is 5.20. The molecular formula is C18H23N3O2S. The van der Waals surface area contributed by atoms with Gasteiger partial charge in [-0.3, -0.25) is 4.79 Å². The second-order valence-corrected chi connectivity index (χ2v) is 7.15. The van der Waals surface area contributed by atoms with Crippen LogP contribution < -0.4 is 15.4 Å². The summed E-state index contributed by atoms with van der Waals surface area (Å²) in [6.45, 7) is 5.72. The molecule has 0 radical (unpaired) electrons. The Morgan fingerprint density at radius 1 is 1.42 bits per heavy atom. The van der Waals surface area contributed by atoms with Crippen LogP contribution in [0.5, 0.6) is 5.75 Å². The molecule has 0 bridgehead atoms. The summed E-state index contributed by atoms with van der Waals surface area (Å²) in [5, 5.41) is 7.33. The second-order valence-electron chi connectivity index (χ2n) is 6.12. The van der Waals surface area contributed by atoms with Crippen LogP contribution in [0.4, 0.5) is 0 Å². The lowest BCUT2D eigenvalue weighted by molar-refractivity contribution is -0.125. The van der Waals surface area contributed by atoms with E-state index in [0.29, 0.717) is 0 Å². The normalized spacial score (nSPS) is 18.4. The first-order valence-electron chi connectivity index (χ1n) is 8.21. The molecule has 0 spiro atoms. The molecule has 1 aromatic carbocycles. The predicted molar refractivity (Wildman–Crippen MR) is 96.4 cm³/mol. The number of thiazole rings is 1. The molecule has 1 aliphatic rings.